The number of carbonyl (C=O) groups is 3. The van der Waals surface area contributed by atoms with Gasteiger partial charge in [0.05, 0.1) is 6.42 Å². The second-order valence-electron chi connectivity index (χ2n) is 2.46. The third-order valence-electron chi connectivity index (χ3n) is 1.24. The third kappa shape index (κ3) is 6.10. The zero-order chi connectivity index (χ0) is 12.2. The molecule has 0 spiro atoms. The van der Waals surface area contributed by atoms with E-state index in [-0.39, 0.29) is 0 Å². The summed E-state index contributed by atoms with van der Waals surface area (Å²) >= 11 is 8.61. The van der Waals surface area contributed by atoms with Crippen molar-refractivity contribution >= 4 is 65.6 Å². The predicted molar refractivity (Wildman–Crippen MR) is 61.3 cm³/mol. The molecule has 6 nitrogen and oxygen atoms in total. The Morgan fingerprint density at radius 1 is 1.20 bits per heavy atom. The standard InChI is InChI=1S/C6H6Br3NO5/c7-6(8,9)5(15)10-2(4(13)14)1-3(11)12/h2H,1H2,(H,10,15)(H,11,12)(H,13,14). The molecule has 0 aromatic carbocycles. The van der Waals surface area contributed by atoms with Gasteiger partial charge in [-0.3, -0.25) is 9.59 Å². The molecule has 15 heavy (non-hydrogen) atoms. The lowest BCUT2D eigenvalue weighted by molar-refractivity contribution is -0.147. The maximum Gasteiger partial charge on any atom is 0.326 e. The van der Waals surface area contributed by atoms with Crippen molar-refractivity contribution in [3.8, 4) is 0 Å². The number of rotatable bonds is 4. The lowest BCUT2D eigenvalue weighted by atomic mass is 10.2. The highest BCUT2D eigenvalue weighted by Crippen LogP contribution is 2.33. The van der Waals surface area contributed by atoms with E-state index in [0.29, 0.717) is 0 Å². The van der Waals surface area contributed by atoms with Gasteiger partial charge in [0.2, 0.25) is 2.14 Å². The van der Waals surface area contributed by atoms with E-state index in [2.05, 4.69) is 47.8 Å². The minimum Gasteiger partial charge on any atom is -0.481 e. The normalized spacial score (nSPS) is 13.0. The zero-order valence-corrected chi connectivity index (χ0v) is 11.8. The number of carboxylic acid groups (broad SMARTS) is 2. The first-order valence-electron chi connectivity index (χ1n) is 3.47. The highest BCUT2D eigenvalue weighted by atomic mass is 80.0. The topological polar surface area (TPSA) is 104 Å². The lowest BCUT2D eigenvalue weighted by Gasteiger charge is -2.16. The molecule has 9 heteroatoms. The number of carbonyl (C=O) groups excluding carboxylic acids is 1. The van der Waals surface area contributed by atoms with Gasteiger partial charge in [0.15, 0.2) is 0 Å². The van der Waals surface area contributed by atoms with Crippen LogP contribution >= 0.6 is 47.8 Å². The monoisotopic (exact) mass is 409 g/mol. The van der Waals surface area contributed by atoms with Gasteiger partial charge in [-0.2, -0.15) is 0 Å². The molecule has 1 amide bonds. The van der Waals surface area contributed by atoms with Gasteiger partial charge >= 0.3 is 11.9 Å². The van der Waals surface area contributed by atoms with Crippen LogP contribution < -0.4 is 5.32 Å². The van der Waals surface area contributed by atoms with E-state index in [1.165, 1.54) is 0 Å². The van der Waals surface area contributed by atoms with Gasteiger partial charge in [-0.25, -0.2) is 4.79 Å². The summed E-state index contributed by atoms with van der Waals surface area (Å²) in [5.74, 6) is -3.47. The van der Waals surface area contributed by atoms with Crippen LogP contribution in [0.1, 0.15) is 6.42 Å². The fraction of sp³-hybridized carbons (Fsp3) is 0.500. The Bertz CT molecular complexity index is 287. The molecule has 0 bridgehead atoms. The quantitative estimate of drug-likeness (QED) is 0.595. The molecule has 0 rings (SSSR count). The van der Waals surface area contributed by atoms with Gasteiger partial charge in [0, 0.05) is 0 Å². The Hall–Kier alpha value is -0.150. The van der Waals surface area contributed by atoms with Crippen molar-refractivity contribution in [2.45, 2.75) is 14.6 Å². The summed E-state index contributed by atoms with van der Waals surface area (Å²) < 4.78 is -1.31. The smallest absolute Gasteiger partial charge is 0.326 e. The van der Waals surface area contributed by atoms with Gasteiger partial charge in [0.25, 0.3) is 5.91 Å². The predicted octanol–water partition coefficient (Wildman–Crippen LogP) is 0.869. The van der Waals surface area contributed by atoms with Crippen LogP contribution in [0.5, 0.6) is 0 Å². The second-order valence-corrected chi connectivity index (χ2v) is 9.22. The molecule has 86 valence electrons. The van der Waals surface area contributed by atoms with Crippen molar-refractivity contribution < 1.29 is 24.6 Å². The highest BCUT2D eigenvalue weighted by Gasteiger charge is 2.33. The van der Waals surface area contributed by atoms with Crippen molar-refractivity contribution in [3.05, 3.63) is 0 Å². The summed E-state index contributed by atoms with van der Waals surface area (Å²) in [6, 6.07) is -1.47. The molecule has 0 aliphatic rings. The van der Waals surface area contributed by atoms with Crippen LogP contribution in [0.4, 0.5) is 0 Å². The van der Waals surface area contributed by atoms with Gasteiger partial charge < -0.3 is 15.5 Å². The number of alkyl halides is 3. The summed E-state index contributed by atoms with van der Waals surface area (Å²) in [5.41, 5.74) is 0. The lowest BCUT2D eigenvalue weighted by Crippen LogP contribution is -2.46. The summed E-state index contributed by atoms with van der Waals surface area (Å²) in [7, 11) is 0. The molecule has 0 aliphatic carbocycles. The van der Waals surface area contributed by atoms with Crippen molar-refractivity contribution in [3.63, 3.8) is 0 Å². The van der Waals surface area contributed by atoms with Crippen molar-refractivity contribution in [1.29, 1.82) is 0 Å². The minimum atomic E-state index is -1.47. The number of nitrogens with one attached hydrogen (secondary N) is 1. The number of carboxylic acids is 2. The molecule has 1 atom stereocenters. The highest BCUT2D eigenvalue weighted by molar-refractivity contribution is 9.40. The van der Waals surface area contributed by atoms with E-state index in [0.717, 1.165) is 0 Å². The van der Waals surface area contributed by atoms with Crippen LogP contribution in [0, 0.1) is 0 Å². The Kier molecular flexibility index (Phi) is 5.75. The average molecular weight is 412 g/mol. The Morgan fingerprint density at radius 3 is 1.93 bits per heavy atom. The van der Waals surface area contributed by atoms with Crippen LogP contribution in [0.25, 0.3) is 0 Å². The van der Waals surface area contributed by atoms with Gasteiger partial charge in [-0.1, -0.05) is 0 Å². The summed E-state index contributed by atoms with van der Waals surface area (Å²) in [6.45, 7) is 0. The summed E-state index contributed by atoms with van der Waals surface area (Å²) in [5, 5.41) is 19.0. The molecule has 0 heterocycles. The molecule has 0 saturated carbocycles. The van der Waals surface area contributed by atoms with Gasteiger partial charge in [0.1, 0.15) is 6.04 Å². The van der Waals surface area contributed by atoms with Crippen LogP contribution in [0.2, 0.25) is 0 Å². The zero-order valence-electron chi connectivity index (χ0n) is 7.04. The van der Waals surface area contributed by atoms with E-state index in [1.807, 2.05) is 5.32 Å². The minimum absolute atomic E-state index is 0.690. The van der Waals surface area contributed by atoms with Crippen LogP contribution in [-0.2, 0) is 14.4 Å². The van der Waals surface area contributed by atoms with Crippen molar-refractivity contribution in [1.82, 2.24) is 5.32 Å². The SMILES string of the molecule is O=C(O)CC(NC(=O)C(Br)(Br)Br)C(=O)O. The number of hydrogen-bond acceptors (Lipinski definition) is 3. The summed E-state index contributed by atoms with van der Waals surface area (Å²) in [4.78, 5) is 32.1. The first-order valence-corrected chi connectivity index (χ1v) is 5.84. The van der Waals surface area contributed by atoms with E-state index in [1.54, 1.807) is 0 Å². The maximum atomic E-state index is 11.3. The van der Waals surface area contributed by atoms with Gasteiger partial charge in [-0.05, 0) is 47.8 Å². The average Bonchev–Trinajstić information content (AvgIpc) is 1.99. The number of amides is 1. The molecular weight excluding hydrogens is 406 g/mol. The fourth-order valence-corrected chi connectivity index (χ4v) is 0.958. The first kappa shape index (κ1) is 14.8. The van der Waals surface area contributed by atoms with E-state index in [9.17, 15) is 14.4 Å². The van der Waals surface area contributed by atoms with E-state index in [4.69, 9.17) is 10.2 Å². The molecule has 0 radical (unpaired) electrons. The number of hydrogen-bond donors (Lipinski definition) is 3. The maximum absolute atomic E-state index is 11.3. The number of halogens is 3. The summed E-state index contributed by atoms with van der Waals surface area (Å²) in [6.07, 6.45) is -0.690. The molecule has 0 saturated heterocycles. The van der Waals surface area contributed by atoms with E-state index >= 15 is 0 Å². The molecule has 0 fully saturated rings. The molecule has 1 unspecified atom stereocenters. The first-order chi connectivity index (χ1) is 6.64. The Labute approximate surface area is 110 Å². The largest absolute Gasteiger partial charge is 0.481 e. The Morgan fingerprint density at radius 2 is 1.67 bits per heavy atom. The van der Waals surface area contributed by atoms with Crippen molar-refractivity contribution in [2.75, 3.05) is 0 Å². The molecular formula is C6H6Br3NO5. The van der Waals surface area contributed by atoms with Crippen LogP contribution in [-0.4, -0.2) is 36.2 Å². The molecule has 0 aromatic rings. The fourth-order valence-electron chi connectivity index (χ4n) is 0.615. The van der Waals surface area contributed by atoms with Crippen LogP contribution in [0.3, 0.4) is 0 Å². The van der Waals surface area contributed by atoms with Crippen LogP contribution in [0.15, 0.2) is 0 Å². The van der Waals surface area contributed by atoms with Crippen molar-refractivity contribution in [2.24, 2.45) is 0 Å². The number of aliphatic carboxylic acids is 2. The second kappa shape index (κ2) is 5.80. The molecule has 3 N–H and O–H groups in total. The Balaban J connectivity index is 4.50. The third-order valence-corrected chi connectivity index (χ3v) is 2.32. The molecule has 0 aliphatic heterocycles. The van der Waals surface area contributed by atoms with E-state index < -0.39 is 32.5 Å². The van der Waals surface area contributed by atoms with Gasteiger partial charge in [-0.15, -0.1) is 0 Å². The molecule has 0 aromatic heterocycles.